The van der Waals surface area contributed by atoms with E-state index < -0.39 is 0 Å². The molecular formula is C27H24N6S. The Labute approximate surface area is 203 Å². The third-order valence-electron chi connectivity index (χ3n) is 5.38. The fraction of sp³-hybridized carbons (Fsp3) is 0.0741. The highest BCUT2D eigenvalue weighted by Crippen LogP contribution is 2.23. The van der Waals surface area contributed by atoms with E-state index in [1.807, 2.05) is 88.5 Å². The summed E-state index contributed by atoms with van der Waals surface area (Å²) in [5, 5.41) is 16.4. The van der Waals surface area contributed by atoms with Gasteiger partial charge in [0.05, 0.1) is 29.8 Å². The number of rotatable bonds is 7. The number of hydrogen-bond donors (Lipinski definition) is 2. The van der Waals surface area contributed by atoms with Crippen LogP contribution >= 0.6 is 12.2 Å². The van der Waals surface area contributed by atoms with Gasteiger partial charge in [-0.1, -0.05) is 78.9 Å². The average molecular weight is 465 g/mol. The summed E-state index contributed by atoms with van der Waals surface area (Å²) in [7, 11) is 0. The Bertz CT molecular complexity index is 1360. The lowest BCUT2D eigenvalue weighted by Crippen LogP contribution is -2.27. The van der Waals surface area contributed by atoms with Gasteiger partial charge in [-0.2, -0.15) is 10.2 Å². The molecule has 0 saturated carbocycles. The minimum atomic E-state index is 0.533. The maximum atomic E-state index is 5.55. The van der Waals surface area contributed by atoms with Crippen molar-refractivity contribution < 1.29 is 0 Å². The maximum Gasteiger partial charge on any atom is 0.171 e. The van der Waals surface area contributed by atoms with E-state index >= 15 is 0 Å². The zero-order valence-corrected chi connectivity index (χ0v) is 19.3. The molecule has 0 aliphatic rings. The molecule has 0 atom stereocenters. The van der Waals surface area contributed by atoms with Crippen LogP contribution in [0.4, 0.5) is 5.69 Å². The van der Waals surface area contributed by atoms with Gasteiger partial charge >= 0.3 is 0 Å². The lowest BCUT2D eigenvalue weighted by Gasteiger charge is -2.09. The van der Waals surface area contributed by atoms with E-state index in [-0.39, 0.29) is 0 Å². The molecule has 0 unspecified atom stereocenters. The number of para-hydroxylation sites is 1. The molecule has 2 aromatic heterocycles. The van der Waals surface area contributed by atoms with Crippen molar-refractivity contribution >= 4 is 23.0 Å². The SMILES string of the molecule is S=C(NCc1cn(-c2ccccc2)nc1-c1ccccc1)Nc1cnn(Cc2ccccc2)c1. The van der Waals surface area contributed by atoms with Crippen LogP contribution in [-0.2, 0) is 13.1 Å². The van der Waals surface area contributed by atoms with E-state index in [0.29, 0.717) is 18.2 Å². The zero-order chi connectivity index (χ0) is 23.2. The van der Waals surface area contributed by atoms with Gasteiger partial charge in [-0.05, 0) is 29.9 Å². The van der Waals surface area contributed by atoms with Crippen LogP contribution in [0.5, 0.6) is 0 Å². The first-order valence-corrected chi connectivity index (χ1v) is 11.5. The number of aromatic nitrogens is 4. The second kappa shape index (κ2) is 10.1. The Balaban J connectivity index is 1.27. The summed E-state index contributed by atoms with van der Waals surface area (Å²) in [6, 6.07) is 30.5. The molecule has 6 nitrogen and oxygen atoms in total. The zero-order valence-electron chi connectivity index (χ0n) is 18.5. The molecule has 0 aliphatic carbocycles. The first-order chi connectivity index (χ1) is 16.7. The molecule has 5 aromatic rings. The highest BCUT2D eigenvalue weighted by Gasteiger charge is 2.13. The van der Waals surface area contributed by atoms with Gasteiger partial charge in [0.2, 0.25) is 0 Å². The smallest absolute Gasteiger partial charge is 0.171 e. The molecule has 0 amide bonds. The molecule has 0 fully saturated rings. The number of thiocarbonyl (C=S) groups is 1. The number of benzene rings is 3. The van der Waals surface area contributed by atoms with Crippen LogP contribution in [0.2, 0.25) is 0 Å². The summed E-state index contributed by atoms with van der Waals surface area (Å²) < 4.78 is 3.79. The van der Waals surface area contributed by atoms with E-state index in [9.17, 15) is 0 Å². The highest BCUT2D eigenvalue weighted by molar-refractivity contribution is 7.80. The van der Waals surface area contributed by atoms with Crippen molar-refractivity contribution in [3.05, 3.63) is 121 Å². The van der Waals surface area contributed by atoms with Crippen molar-refractivity contribution in [1.29, 1.82) is 0 Å². The summed E-state index contributed by atoms with van der Waals surface area (Å²) in [6.45, 7) is 1.25. The van der Waals surface area contributed by atoms with Crippen molar-refractivity contribution in [3.63, 3.8) is 0 Å². The first kappa shape index (κ1) is 21.6. The number of hydrogen-bond acceptors (Lipinski definition) is 3. The Morgan fingerprint density at radius 1 is 0.824 bits per heavy atom. The molecule has 168 valence electrons. The van der Waals surface area contributed by atoms with Crippen molar-refractivity contribution in [1.82, 2.24) is 24.9 Å². The van der Waals surface area contributed by atoms with E-state index in [1.165, 1.54) is 5.56 Å². The fourth-order valence-electron chi connectivity index (χ4n) is 3.73. The second-order valence-corrected chi connectivity index (χ2v) is 8.28. The van der Waals surface area contributed by atoms with Gasteiger partial charge < -0.3 is 10.6 Å². The molecule has 7 heteroatoms. The quantitative estimate of drug-likeness (QED) is 0.321. The second-order valence-electron chi connectivity index (χ2n) is 7.87. The Morgan fingerprint density at radius 3 is 2.24 bits per heavy atom. The van der Waals surface area contributed by atoms with Crippen LogP contribution in [0.1, 0.15) is 11.1 Å². The highest BCUT2D eigenvalue weighted by atomic mass is 32.1. The molecule has 0 bridgehead atoms. The van der Waals surface area contributed by atoms with Gasteiger partial charge in [0.1, 0.15) is 0 Å². The van der Waals surface area contributed by atoms with E-state index in [1.54, 1.807) is 6.20 Å². The van der Waals surface area contributed by atoms with E-state index in [2.05, 4.69) is 40.0 Å². The molecule has 5 rings (SSSR count). The van der Waals surface area contributed by atoms with Gasteiger partial charge in [-0.25, -0.2) is 4.68 Å². The monoisotopic (exact) mass is 464 g/mol. The predicted molar refractivity (Wildman–Crippen MR) is 140 cm³/mol. The summed E-state index contributed by atoms with van der Waals surface area (Å²) in [6.07, 6.45) is 5.77. The average Bonchev–Trinajstić information content (AvgIpc) is 3.51. The topological polar surface area (TPSA) is 59.7 Å². The largest absolute Gasteiger partial charge is 0.358 e. The van der Waals surface area contributed by atoms with Gasteiger partial charge in [0.15, 0.2) is 5.11 Å². The molecular weight excluding hydrogens is 440 g/mol. The molecule has 0 saturated heterocycles. The molecule has 2 heterocycles. The van der Waals surface area contributed by atoms with Gasteiger partial charge in [-0.3, -0.25) is 4.68 Å². The molecule has 34 heavy (non-hydrogen) atoms. The third-order valence-corrected chi connectivity index (χ3v) is 5.62. The maximum absolute atomic E-state index is 5.55. The molecule has 0 spiro atoms. The first-order valence-electron chi connectivity index (χ1n) is 11.1. The van der Waals surface area contributed by atoms with Crippen molar-refractivity contribution in [2.24, 2.45) is 0 Å². The predicted octanol–water partition coefficient (Wildman–Crippen LogP) is 5.27. The number of nitrogens with zero attached hydrogens (tertiary/aromatic N) is 4. The van der Waals surface area contributed by atoms with Crippen molar-refractivity contribution in [3.8, 4) is 16.9 Å². The lowest BCUT2D eigenvalue weighted by molar-refractivity contribution is 0.687. The van der Waals surface area contributed by atoms with Crippen LogP contribution in [0.3, 0.4) is 0 Å². The standard InChI is InChI=1S/C27H24N6S/c34-27(30-24-17-29-32(20-24)18-21-10-4-1-5-11-21)28-16-23-19-33(25-14-8-3-9-15-25)31-26(23)22-12-6-2-7-13-22/h1-15,17,19-20H,16,18H2,(H2,28,30,34). The summed E-state index contributed by atoms with van der Waals surface area (Å²) in [4.78, 5) is 0. The van der Waals surface area contributed by atoms with Crippen LogP contribution < -0.4 is 10.6 Å². The van der Waals surface area contributed by atoms with Gasteiger partial charge in [0.25, 0.3) is 0 Å². The summed E-state index contributed by atoms with van der Waals surface area (Å²) in [5.74, 6) is 0. The Kier molecular flexibility index (Phi) is 6.45. The van der Waals surface area contributed by atoms with Crippen molar-refractivity contribution in [2.45, 2.75) is 13.1 Å². The molecule has 0 aliphatic heterocycles. The van der Waals surface area contributed by atoms with Gasteiger partial charge in [-0.15, -0.1) is 0 Å². The van der Waals surface area contributed by atoms with Crippen LogP contribution in [0.25, 0.3) is 16.9 Å². The van der Waals surface area contributed by atoms with Crippen LogP contribution in [0, 0.1) is 0 Å². The van der Waals surface area contributed by atoms with E-state index in [0.717, 1.165) is 28.2 Å². The Morgan fingerprint density at radius 2 is 1.50 bits per heavy atom. The normalized spacial score (nSPS) is 10.7. The minimum absolute atomic E-state index is 0.533. The molecule has 0 radical (unpaired) electrons. The van der Waals surface area contributed by atoms with Crippen LogP contribution in [0.15, 0.2) is 110 Å². The summed E-state index contributed by atoms with van der Waals surface area (Å²) in [5.41, 5.74) is 6.10. The molecule has 2 N–H and O–H groups in total. The Hall–Kier alpha value is -4.23. The number of anilines is 1. The lowest BCUT2D eigenvalue weighted by atomic mass is 10.1. The fourth-order valence-corrected chi connectivity index (χ4v) is 3.92. The third kappa shape index (κ3) is 5.22. The van der Waals surface area contributed by atoms with Gasteiger partial charge in [0, 0.05) is 30.1 Å². The van der Waals surface area contributed by atoms with Crippen molar-refractivity contribution in [2.75, 3.05) is 5.32 Å². The van der Waals surface area contributed by atoms with E-state index in [4.69, 9.17) is 17.3 Å². The molecule has 3 aromatic carbocycles. The summed E-state index contributed by atoms with van der Waals surface area (Å²) >= 11 is 5.55. The number of nitrogens with one attached hydrogen (secondary N) is 2. The minimum Gasteiger partial charge on any atom is -0.358 e. The van der Waals surface area contributed by atoms with Crippen LogP contribution in [-0.4, -0.2) is 24.7 Å².